The predicted octanol–water partition coefficient (Wildman–Crippen LogP) is 3.93. The van der Waals surface area contributed by atoms with E-state index in [1.54, 1.807) is 14.2 Å². The smallest absolute Gasteiger partial charge is 0.225 e. The lowest BCUT2D eigenvalue weighted by molar-refractivity contribution is -0.125. The van der Waals surface area contributed by atoms with Crippen LogP contribution in [-0.4, -0.2) is 52.3 Å². The zero-order chi connectivity index (χ0) is 24.2. The zero-order valence-electron chi connectivity index (χ0n) is 20.4. The number of ether oxygens (including phenoxy) is 2. The van der Waals surface area contributed by atoms with Gasteiger partial charge in [-0.15, -0.1) is 0 Å². The molecule has 182 valence electrons. The van der Waals surface area contributed by atoms with Crippen molar-refractivity contribution in [1.29, 1.82) is 0 Å². The Morgan fingerprint density at radius 2 is 1.60 bits per heavy atom. The van der Waals surface area contributed by atoms with Crippen LogP contribution in [0.4, 0.5) is 11.4 Å². The minimum Gasteiger partial charge on any atom is -0.497 e. The van der Waals surface area contributed by atoms with Crippen LogP contribution >= 0.6 is 0 Å². The first-order valence-electron chi connectivity index (χ1n) is 12.3. The number of nitrogens with zero attached hydrogens (tertiary/aromatic N) is 2. The van der Waals surface area contributed by atoms with Gasteiger partial charge >= 0.3 is 0 Å². The third-order valence-electron chi connectivity index (χ3n) is 7.27. The van der Waals surface area contributed by atoms with Gasteiger partial charge in [0.25, 0.3) is 0 Å². The van der Waals surface area contributed by atoms with Crippen LogP contribution in [0.2, 0.25) is 0 Å². The van der Waals surface area contributed by atoms with Crippen LogP contribution in [0, 0.1) is 5.92 Å². The Bertz CT molecular complexity index is 1150. The molecular formula is C29H33N3O3. The first kappa shape index (κ1) is 23.1. The fourth-order valence-corrected chi connectivity index (χ4v) is 5.34. The lowest BCUT2D eigenvalue weighted by Crippen LogP contribution is -2.61. The average molecular weight is 472 g/mol. The second kappa shape index (κ2) is 10.3. The van der Waals surface area contributed by atoms with Crippen molar-refractivity contribution in [1.82, 2.24) is 5.32 Å². The Balaban J connectivity index is 1.30. The van der Waals surface area contributed by atoms with Crippen molar-refractivity contribution in [3.8, 4) is 11.5 Å². The van der Waals surface area contributed by atoms with Crippen LogP contribution in [0.1, 0.15) is 11.1 Å². The summed E-state index contributed by atoms with van der Waals surface area (Å²) in [5.74, 6) is 1.74. The van der Waals surface area contributed by atoms with Gasteiger partial charge in [-0.05, 0) is 66.4 Å². The van der Waals surface area contributed by atoms with E-state index in [1.165, 1.54) is 22.5 Å². The van der Waals surface area contributed by atoms with Gasteiger partial charge in [0.15, 0.2) is 0 Å². The predicted molar refractivity (Wildman–Crippen MR) is 140 cm³/mol. The average Bonchev–Trinajstić information content (AvgIpc) is 2.92. The van der Waals surface area contributed by atoms with Crippen LogP contribution in [-0.2, 0) is 17.6 Å². The summed E-state index contributed by atoms with van der Waals surface area (Å²) in [5.41, 5.74) is 4.89. The number of amides is 1. The fraction of sp³-hybridized carbons (Fsp3) is 0.345. The summed E-state index contributed by atoms with van der Waals surface area (Å²) in [6.45, 7) is 3.25. The highest BCUT2D eigenvalue weighted by atomic mass is 16.5. The topological polar surface area (TPSA) is 54.0 Å². The van der Waals surface area contributed by atoms with Gasteiger partial charge in [-0.2, -0.15) is 0 Å². The van der Waals surface area contributed by atoms with E-state index < -0.39 is 0 Å². The van der Waals surface area contributed by atoms with E-state index in [0.29, 0.717) is 6.54 Å². The van der Waals surface area contributed by atoms with Gasteiger partial charge in [0.1, 0.15) is 11.5 Å². The molecular weight excluding hydrogens is 438 g/mol. The standard InChI is InChI=1S/C29H33N3O3/c1-34-24-11-7-21(8-12-24)15-16-30-29(33)26-19-22-5-3-4-6-27(22)32-18-17-31(20-28(26)32)23-9-13-25(35-2)14-10-23/h3-14,26,28H,15-20H2,1-2H3,(H,30,33)/t26-,28+/m1/s1. The quantitative estimate of drug-likeness (QED) is 0.566. The van der Waals surface area contributed by atoms with Crippen LogP contribution in [0.25, 0.3) is 0 Å². The molecule has 1 N–H and O–H groups in total. The molecule has 6 nitrogen and oxygen atoms in total. The lowest BCUT2D eigenvalue weighted by Gasteiger charge is -2.49. The number of hydrogen-bond donors (Lipinski definition) is 1. The number of carbonyl (C=O) groups excluding carboxylic acids is 1. The summed E-state index contributed by atoms with van der Waals surface area (Å²) >= 11 is 0. The Kier molecular flexibility index (Phi) is 6.80. The molecule has 0 aliphatic carbocycles. The number of anilines is 2. The second-order valence-corrected chi connectivity index (χ2v) is 9.23. The molecule has 1 saturated heterocycles. The van der Waals surface area contributed by atoms with E-state index in [4.69, 9.17) is 9.47 Å². The maximum absolute atomic E-state index is 13.5. The van der Waals surface area contributed by atoms with Crippen LogP contribution in [0.5, 0.6) is 11.5 Å². The zero-order valence-corrected chi connectivity index (χ0v) is 20.4. The fourth-order valence-electron chi connectivity index (χ4n) is 5.34. The minimum atomic E-state index is -0.0955. The number of piperazine rings is 1. The molecule has 0 bridgehead atoms. The first-order valence-corrected chi connectivity index (χ1v) is 12.3. The normalized spacial score (nSPS) is 18.9. The lowest BCUT2D eigenvalue weighted by atomic mass is 9.83. The van der Waals surface area contributed by atoms with Crippen LogP contribution in [0.15, 0.2) is 72.8 Å². The van der Waals surface area contributed by atoms with E-state index in [1.807, 2.05) is 24.3 Å². The molecule has 3 aromatic rings. The third-order valence-corrected chi connectivity index (χ3v) is 7.27. The van der Waals surface area contributed by atoms with E-state index in [0.717, 1.165) is 44.0 Å². The van der Waals surface area contributed by atoms with Crippen molar-refractivity contribution in [2.24, 2.45) is 5.92 Å². The molecule has 0 unspecified atom stereocenters. The molecule has 2 aliphatic rings. The Morgan fingerprint density at radius 3 is 2.31 bits per heavy atom. The summed E-state index contributed by atoms with van der Waals surface area (Å²) in [6, 6.07) is 24.9. The van der Waals surface area contributed by atoms with Crippen LogP contribution < -0.4 is 24.6 Å². The van der Waals surface area contributed by atoms with E-state index in [9.17, 15) is 4.79 Å². The van der Waals surface area contributed by atoms with E-state index in [-0.39, 0.29) is 17.9 Å². The monoisotopic (exact) mass is 471 g/mol. The second-order valence-electron chi connectivity index (χ2n) is 9.23. The van der Waals surface area contributed by atoms with Gasteiger partial charge in [-0.25, -0.2) is 0 Å². The number of hydrogen-bond acceptors (Lipinski definition) is 5. The van der Waals surface area contributed by atoms with Crippen molar-refractivity contribution in [2.75, 3.05) is 50.2 Å². The summed E-state index contributed by atoms with van der Waals surface area (Å²) in [5, 5.41) is 3.23. The molecule has 2 aliphatic heterocycles. The van der Waals surface area contributed by atoms with Gasteiger partial charge in [0, 0.05) is 37.6 Å². The SMILES string of the molecule is COc1ccc(CCNC(=O)[C@@H]2Cc3ccccc3N3CCN(c4ccc(OC)cc4)C[C@@H]23)cc1. The number of benzene rings is 3. The number of methoxy groups -OCH3 is 2. The molecule has 2 atom stereocenters. The van der Waals surface area contributed by atoms with Crippen molar-refractivity contribution in [2.45, 2.75) is 18.9 Å². The van der Waals surface area contributed by atoms with Gasteiger partial charge in [0.05, 0.1) is 26.2 Å². The highest BCUT2D eigenvalue weighted by molar-refractivity contribution is 5.82. The molecule has 0 saturated carbocycles. The minimum absolute atomic E-state index is 0.0955. The van der Waals surface area contributed by atoms with Gasteiger partial charge in [-0.1, -0.05) is 30.3 Å². The third kappa shape index (κ3) is 4.92. The molecule has 2 heterocycles. The molecule has 0 radical (unpaired) electrons. The summed E-state index contributed by atoms with van der Waals surface area (Å²) in [7, 11) is 3.35. The Hall–Kier alpha value is -3.67. The summed E-state index contributed by atoms with van der Waals surface area (Å²) in [6.07, 6.45) is 1.56. The Labute approximate surface area is 207 Å². The van der Waals surface area contributed by atoms with Crippen molar-refractivity contribution < 1.29 is 14.3 Å². The highest BCUT2D eigenvalue weighted by Gasteiger charge is 2.41. The molecule has 5 rings (SSSR count). The van der Waals surface area contributed by atoms with Gasteiger partial charge < -0.3 is 24.6 Å². The molecule has 1 fully saturated rings. The van der Waals surface area contributed by atoms with Crippen molar-refractivity contribution in [3.05, 3.63) is 83.9 Å². The molecule has 3 aromatic carbocycles. The molecule has 6 heteroatoms. The molecule has 0 spiro atoms. The highest BCUT2D eigenvalue weighted by Crippen LogP contribution is 2.37. The van der Waals surface area contributed by atoms with E-state index in [2.05, 4.69) is 63.6 Å². The van der Waals surface area contributed by atoms with E-state index >= 15 is 0 Å². The summed E-state index contributed by atoms with van der Waals surface area (Å²) in [4.78, 5) is 18.3. The molecule has 35 heavy (non-hydrogen) atoms. The van der Waals surface area contributed by atoms with Gasteiger partial charge in [-0.3, -0.25) is 4.79 Å². The number of rotatable bonds is 7. The molecule has 1 amide bonds. The van der Waals surface area contributed by atoms with Gasteiger partial charge in [0.2, 0.25) is 5.91 Å². The van der Waals surface area contributed by atoms with Crippen molar-refractivity contribution >= 4 is 17.3 Å². The Morgan fingerprint density at radius 1 is 0.914 bits per heavy atom. The van der Waals surface area contributed by atoms with Crippen molar-refractivity contribution in [3.63, 3.8) is 0 Å². The molecule has 0 aromatic heterocycles. The number of carbonyl (C=O) groups is 1. The first-order chi connectivity index (χ1) is 17.2. The number of nitrogens with one attached hydrogen (secondary N) is 1. The largest absolute Gasteiger partial charge is 0.497 e. The van der Waals surface area contributed by atoms with Crippen LogP contribution in [0.3, 0.4) is 0 Å². The summed E-state index contributed by atoms with van der Waals surface area (Å²) < 4.78 is 10.6. The number of fused-ring (bicyclic) bond motifs is 3. The number of para-hydroxylation sites is 1. The maximum Gasteiger partial charge on any atom is 0.225 e. The maximum atomic E-state index is 13.5.